The van der Waals surface area contributed by atoms with E-state index in [2.05, 4.69) is 18.7 Å². The summed E-state index contributed by atoms with van der Waals surface area (Å²) in [4.78, 5) is 16.9. The van der Waals surface area contributed by atoms with Crippen molar-refractivity contribution in [3.63, 3.8) is 0 Å². The van der Waals surface area contributed by atoms with E-state index < -0.39 is 10.0 Å². The fraction of sp³-hybridized carbons (Fsp3) is 0.929. The second kappa shape index (κ2) is 6.62. The third kappa shape index (κ3) is 4.17. The Labute approximate surface area is 128 Å². The number of nitrogens with zero attached hydrogens (tertiary/aromatic N) is 3. The lowest BCUT2D eigenvalue weighted by Crippen LogP contribution is -2.54. The molecule has 122 valence electrons. The van der Waals surface area contributed by atoms with E-state index >= 15 is 0 Å². The number of hydrogen-bond donors (Lipinski definition) is 0. The highest BCUT2D eigenvalue weighted by atomic mass is 32.2. The van der Waals surface area contributed by atoms with Crippen LogP contribution in [0.25, 0.3) is 0 Å². The number of hydrogen-bond acceptors (Lipinski definition) is 4. The van der Waals surface area contributed by atoms with Crippen molar-refractivity contribution >= 4 is 15.9 Å². The minimum Gasteiger partial charge on any atom is -0.340 e. The molecule has 2 aliphatic heterocycles. The molecule has 0 unspecified atom stereocenters. The highest BCUT2D eigenvalue weighted by Gasteiger charge is 2.33. The van der Waals surface area contributed by atoms with Crippen LogP contribution in [0.3, 0.4) is 0 Å². The van der Waals surface area contributed by atoms with E-state index in [1.807, 2.05) is 4.90 Å². The first-order chi connectivity index (χ1) is 9.79. The van der Waals surface area contributed by atoms with Crippen molar-refractivity contribution in [2.24, 2.45) is 5.92 Å². The molecule has 0 aromatic carbocycles. The maximum atomic E-state index is 12.6. The number of carbonyl (C=O) groups excluding carboxylic acids is 1. The number of piperazine rings is 1. The SMILES string of the molecule is CC(C)N1CCN(C(=O)[C@@H]2CCCN(S(C)(=O)=O)C2)CC1. The highest BCUT2D eigenvalue weighted by Crippen LogP contribution is 2.21. The molecule has 1 atom stereocenters. The highest BCUT2D eigenvalue weighted by molar-refractivity contribution is 7.88. The van der Waals surface area contributed by atoms with Gasteiger partial charge in [-0.25, -0.2) is 12.7 Å². The molecule has 21 heavy (non-hydrogen) atoms. The van der Waals surface area contributed by atoms with Gasteiger partial charge in [-0.3, -0.25) is 9.69 Å². The topological polar surface area (TPSA) is 60.9 Å². The fourth-order valence-electron chi connectivity index (χ4n) is 3.16. The van der Waals surface area contributed by atoms with E-state index in [4.69, 9.17) is 0 Å². The molecule has 2 fully saturated rings. The van der Waals surface area contributed by atoms with Gasteiger partial charge >= 0.3 is 0 Å². The fourth-order valence-corrected chi connectivity index (χ4v) is 4.07. The van der Waals surface area contributed by atoms with Crippen LogP contribution in [-0.4, -0.2) is 80.0 Å². The van der Waals surface area contributed by atoms with E-state index in [9.17, 15) is 13.2 Å². The number of rotatable bonds is 3. The summed E-state index contributed by atoms with van der Waals surface area (Å²) < 4.78 is 24.7. The maximum Gasteiger partial charge on any atom is 0.227 e. The summed E-state index contributed by atoms with van der Waals surface area (Å²) in [5.74, 6) is -0.0363. The van der Waals surface area contributed by atoms with Crippen LogP contribution in [0.15, 0.2) is 0 Å². The normalized spacial score (nSPS) is 26.3. The van der Waals surface area contributed by atoms with Crippen molar-refractivity contribution in [2.45, 2.75) is 32.7 Å². The largest absolute Gasteiger partial charge is 0.340 e. The Morgan fingerprint density at radius 3 is 2.24 bits per heavy atom. The first-order valence-electron chi connectivity index (χ1n) is 7.77. The quantitative estimate of drug-likeness (QED) is 0.747. The van der Waals surface area contributed by atoms with Gasteiger partial charge in [0.05, 0.1) is 12.2 Å². The van der Waals surface area contributed by atoms with Gasteiger partial charge in [-0.05, 0) is 26.7 Å². The number of piperidine rings is 1. The third-order valence-corrected chi connectivity index (χ3v) is 5.83. The second-order valence-electron chi connectivity index (χ2n) is 6.42. The van der Waals surface area contributed by atoms with E-state index in [1.165, 1.54) is 10.6 Å². The first kappa shape index (κ1) is 16.7. The average molecular weight is 317 g/mol. The number of carbonyl (C=O) groups is 1. The Bertz CT molecular complexity index is 470. The van der Waals surface area contributed by atoms with E-state index in [1.54, 1.807) is 0 Å². The molecule has 6 nitrogen and oxygen atoms in total. The summed E-state index contributed by atoms with van der Waals surface area (Å²) in [6, 6.07) is 0.512. The summed E-state index contributed by atoms with van der Waals surface area (Å²) in [5.41, 5.74) is 0. The van der Waals surface area contributed by atoms with Gasteiger partial charge in [0.1, 0.15) is 0 Å². The summed E-state index contributed by atoms with van der Waals surface area (Å²) in [6.07, 6.45) is 2.80. The third-order valence-electron chi connectivity index (χ3n) is 4.56. The molecule has 0 spiro atoms. The molecule has 0 saturated carbocycles. The van der Waals surface area contributed by atoms with Gasteiger partial charge in [0.15, 0.2) is 0 Å². The summed E-state index contributed by atoms with van der Waals surface area (Å²) in [6.45, 7) is 8.56. The zero-order valence-corrected chi connectivity index (χ0v) is 14.1. The minimum atomic E-state index is -3.19. The van der Waals surface area contributed by atoms with E-state index in [0.29, 0.717) is 19.1 Å². The summed E-state index contributed by atoms with van der Waals surface area (Å²) in [5, 5.41) is 0. The Morgan fingerprint density at radius 1 is 1.10 bits per heavy atom. The molecule has 0 radical (unpaired) electrons. The summed E-state index contributed by atoms with van der Waals surface area (Å²) in [7, 11) is -3.19. The second-order valence-corrected chi connectivity index (χ2v) is 8.40. The molecule has 2 aliphatic rings. The van der Waals surface area contributed by atoms with Gasteiger partial charge in [-0.2, -0.15) is 0 Å². The molecule has 0 aromatic heterocycles. The van der Waals surface area contributed by atoms with Crippen LogP contribution in [0, 0.1) is 5.92 Å². The lowest BCUT2D eigenvalue weighted by atomic mass is 9.97. The molecule has 7 heteroatoms. The zero-order chi connectivity index (χ0) is 15.6. The van der Waals surface area contributed by atoms with Crippen molar-refractivity contribution in [1.29, 1.82) is 0 Å². The van der Waals surface area contributed by atoms with Crippen molar-refractivity contribution in [1.82, 2.24) is 14.1 Å². The molecule has 0 bridgehead atoms. The smallest absolute Gasteiger partial charge is 0.227 e. The maximum absolute atomic E-state index is 12.6. The van der Waals surface area contributed by atoms with Crippen LogP contribution in [0.4, 0.5) is 0 Å². The molecule has 1 amide bonds. The minimum absolute atomic E-state index is 0.131. The number of amides is 1. The molecule has 2 heterocycles. The molecule has 0 aromatic rings. The van der Waals surface area contributed by atoms with Crippen molar-refractivity contribution < 1.29 is 13.2 Å². The van der Waals surface area contributed by atoms with Gasteiger partial charge < -0.3 is 4.90 Å². The first-order valence-corrected chi connectivity index (χ1v) is 9.62. The molecular formula is C14H27N3O3S. The zero-order valence-electron chi connectivity index (χ0n) is 13.3. The van der Waals surface area contributed by atoms with Crippen LogP contribution in [0.2, 0.25) is 0 Å². The van der Waals surface area contributed by atoms with Crippen LogP contribution in [-0.2, 0) is 14.8 Å². The lowest BCUT2D eigenvalue weighted by Gasteiger charge is -2.39. The summed E-state index contributed by atoms with van der Waals surface area (Å²) >= 11 is 0. The predicted octanol–water partition coefficient (Wildman–Crippen LogP) is 0.211. The van der Waals surface area contributed by atoms with Gasteiger partial charge in [0.2, 0.25) is 15.9 Å². The van der Waals surface area contributed by atoms with Crippen LogP contribution in [0.5, 0.6) is 0 Å². The molecule has 2 saturated heterocycles. The Hall–Kier alpha value is -0.660. The van der Waals surface area contributed by atoms with Crippen LogP contribution >= 0.6 is 0 Å². The molecular weight excluding hydrogens is 290 g/mol. The molecule has 2 rings (SSSR count). The Morgan fingerprint density at radius 2 is 1.71 bits per heavy atom. The van der Waals surface area contributed by atoms with Crippen LogP contribution < -0.4 is 0 Å². The van der Waals surface area contributed by atoms with Gasteiger partial charge in [0.25, 0.3) is 0 Å². The Balaban J connectivity index is 1.92. The lowest BCUT2D eigenvalue weighted by molar-refractivity contribution is -0.138. The number of sulfonamides is 1. The van der Waals surface area contributed by atoms with E-state index in [-0.39, 0.29) is 11.8 Å². The Kier molecular flexibility index (Phi) is 5.27. The van der Waals surface area contributed by atoms with Crippen molar-refractivity contribution in [3.05, 3.63) is 0 Å². The van der Waals surface area contributed by atoms with Gasteiger partial charge in [-0.15, -0.1) is 0 Å². The molecule has 0 N–H and O–H groups in total. The van der Waals surface area contributed by atoms with Gasteiger partial charge in [-0.1, -0.05) is 0 Å². The monoisotopic (exact) mass is 317 g/mol. The van der Waals surface area contributed by atoms with Crippen LogP contribution in [0.1, 0.15) is 26.7 Å². The van der Waals surface area contributed by atoms with Gasteiger partial charge in [0, 0.05) is 45.3 Å². The van der Waals surface area contributed by atoms with E-state index in [0.717, 1.165) is 39.0 Å². The average Bonchev–Trinajstić information content (AvgIpc) is 2.46. The van der Waals surface area contributed by atoms with Crippen molar-refractivity contribution in [3.8, 4) is 0 Å². The van der Waals surface area contributed by atoms with Crippen molar-refractivity contribution in [2.75, 3.05) is 45.5 Å². The predicted molar refractivity (Wildman–Crippen MR) is 82.4 cm³/mol. The standard InChI is InChI=1S/C14H27N3O3S/c1-12(2)15-7-9-16(10-8-15)14(18)13-5-4-6-17(11-13)21(3,19)20/h12-13H,4-11H2,1-3H3/t13-/m1/s1. The molecule has 0 aliphatic carbocycles.